The maximum Gasteiger partial charge on any atom is 0.0814 e. The number of anilines is 1. The van der Waals surface area contributed by atoms with Crippen molar-refractivity contribution in [2.24, 2.45) is 5.73 Å². The molecule has 4 heteroatoms. The molecule has 1 aliphatic rings. The van der Waals surface area contributed by atoms with Crippen molar-refractivity contribution in [2.45, 2.75) is 77.2 Å². The second-order valence-corrected chi connectivity index (χ2v) is 12.6. The molecule has 7 rings (SSSR count). The molecular formula is C47H57N3S. The van der Waals surface area contributed by atoms with Gasteiger partial charge in [0.25, 0.3) is 0 Å². The second kappa shape index (κ2) is 23.0. The normalized spacial score (nSPS) is 11.9. The van der Waals surface area contributed by atoms with Crippen molar-refractivity contribution in [3.63, 3.8) is 0 Å². The lowest BCUT2D eigenvalue weighted by molar-refractivity contribution is 0.479. The van der Waals surface area contributed by atoms with Crippen LogP contribution in [0.5, 0.6) is 0 Å². The molecule has 0 amide bonds. The van der Waals surface area contributed by atoms with E-state index in [1.807, 2.05) is 70.2 Å². The molecule has 2 unspecified atom stereocenters. The Kier molecular flexibility index (Phi) is 18.4. The maximum absolute atomic E-state index is 6.51. The fraction of sp³-hybridized carbons (Fsp3) is 0.234. The van der Waals surface area contributed by atoms with E-state index in [4.69, 9.17) is 11.5 Å². The maximum atomic E-state index is 6.51. The highest BCUT2D eigenvalue weighted by Gasteiger charge is 2.13. The zero-order valence-corrected chi connectivity index (χ0v) is 32.2. The van der Waals surface area contributed by atoms with Gasteiger partial charge in [-0.2, -0.15) is 0 Å². The Morgan fingerprint density at radius 1 is 0.627 bits per heavy atom. The topological polar surface area (TPSA) is 64.1 Å². The number of allylic oxidation sites excluding steroid dienone is 2. The summed E-state index contributed by atoms with van der Waals surface area (Å²) in [6.07, 6.45) is 6.40. The zero-order valence-electron chi connectivity index (χ0n) is 31.4. The molecule has 0 fully saturated rings. The number of nitrogen functional groups attached to an aromatic ring is 1. The summed E-state index contributed by atoms with van der Waals surface area (Å²) < 4.78 is 0. The van der Waals surface area contributed by atoms with Gasteiger partial charge in [-0.1, -0.05) is 180 Å². The summed E-state index contributed by atoms with van der Waals surface area (Å²) in [6.45, 7) is 12.3. The minimum absolute atomic E-state index is 0.123. The molecule has 5 N–H and O–H groups in total. The number of benzene rings is 6. The smallest absolute Gasteiger partial charge is 0.0814 e. The summed E-state index contributed by atoms with van der Waals surface area (Å²) in [4.78, 5) is 1.12. The van der Waals surface area contributed by atoms with Gasteiger partial charge in [-0.15, -0.1) is 11.8 Å². The van der Waals surface area contributed by atoms with Crippen molar-refractivity contribution in [3.8, 4) is 11.1 Å². The first-order valence-electron chi connectivity index (χ1n) is 18.4. The Morgan fingerprint density at radius 3 is 1.75 bits per heavy atom. The van der Waals surface area contributed by atoms with Crippen molar-refractivity contribution in [1.29, 1.82) is 0 Å². The summed E-state index contributed by atoms with van der Waals surface area (Å²) in [5.41, 5.74) is 21.2. The lowest BCUT2D eigenvalue weighted by Gasteiger charge is -2.21. The molecule has 51 heavy (non-hydrogen) atoms. The average Bonchev–Trinajstić information content (AvgIpc) is 4.11. The van der Waals surface area contributed by atoms with E-state index in [0.29, 0.717) is 0 Å². The molecule has 0 bridgehead atoms. The van der Waals surface area contributed by atoms with Crippen molar-refractivity contribution in [3.05, 3.63) is 180 Å². The van der Waals surface area contributed by atoms with Crippen LogP contribution in [-0.4, -0.2) is 0 Å². The molecule has 266 valence electrons. The molecule has 2 atom stereocenters. The van der Waals surface area contributed by atoms with Crippen LogP contribution < -0.4 is 16.8 Å². The molecule has 0 aromatic heterocycles. The van der Waals surface area contributed by atoms with Gasteiger partial charge in [-0.3, -0.25) is 5.32 Å². The molecule has 6 aromatic carbocycles. The van der Waals surface area contributed by atoms with Crippen LogP contribution in [0.2, 0.25) is 0 Å². The van der Waals surface area contributed by atoms with Gasteiger partial charge in [-0.25, -0.2) is 0 Å². The Labute approximate surface area is 312 Å². The predicted octanol–water partition coefficient (Wildman–Crippen LogP) is 12.9. The summed E-state index contributed by atoms with van der Waals surface area (Å²) >= 11 is 1.78. The molecule has 3 nitrogen and oxygen atoms in total. The third-order valence-corrected chi connectivity index (χ3v) is 9.22. The third kappa shape index (κ3) is 13.6. The van der Waals surface area contributed by atoms with E-state index >= 15 is 0 Å². The molecule has 6 aromatic rings. The van der Waals surface area contributed by atoms with Crippen molar-refractivity contribution < 1.29 is 0 Å². The van der Waals surface area contributed by atoms with Gasteiger partial charge in [0.1, 0.15) is 0 Å². The minimum atomic E-state index is -0.210. The van der Waals surface area contributed by atoms with Crippen LogP contribution in [0.1, 0.15) is 82.4 Å². The van der Waals surface area contributed by atoms with E-state index in [1.165, 1.54) is 34.2 Å². The van der Waals surface area contributed by atoms with E-state index < -0.39 is 0 Å². The molecule has 0 saturated heterocycles. The number of rotatable bonds is 9. The van der Waals surface area contributed by atoms with Crippen LogP contribution >= 0.6 is 11.8 Å². The quantitative estimate of drug-likeness (QED) is 0.0610. The Hall–Kier alpha value is -4.61. The highest BCUT2D eigenvalue weighted by molar-refractivity contribution is 7.98. The fourth-order valence-electron chi connectivity index (χ4n) is 5.17. The van der Waals surface area contributed by atoms with Gasteiger partial charge in [0, 0.05) is 22.1 Å². The summed E-state index contributed by atoms with van der Waals surface area (Å²) in [5.74, 6) is 0.910. The van der Waals surface area contributed by atoms with Gasteiger partial charge < -0.3 is 11.5 Å². The van der Waals surface area contributed by atoms with E-state index in [-0.39, 0.29) is 12.2 Å². The number of thioether (sulfide) groups is 1. The largest absolute Gasteiger partial charge is 0.397 e. The number of fused-ring (bicyclic) bond motifs is 1. The fourth-order valence-corrected chi connectivity index (χ4v) is 6.11. The van der Waals surface area contributed by atoms with Crippen molar-refractivity contribution in [1.82, 2.24) is 5.32 Å². The van der Waals surface area contributed by atoms with Crippen molar-refractivity contribution in [2.75, 3.05) is 5.73 Å². The lowest BCUT2D eigenvalue weighted by Crippen LogP contribution is -2.30. The van der Waals surface area contributed by atoms with E-state index in [9.17, 15) is 0 Å². The highest BCUT2D eigenvalue weighted by atomic mass is 32.2. The molecule has 1 aliphatic carbocycles. The Bertz CT molecular complexity index is 1830. The molecular weight excluding hydrogens is 639 g/mol. The van der Waals surface area contributed by atoms with Gasteiger partial charge in [-0.05, 0) is 70.7 Å². The number of hydrogen-bond donors (Lipinski definition) is 3. The average molecular weight is 696 g/mol. The number of nitrogens with one attached hydrogen (secondary N) is 1. The summed E-state index contributed by atoms with van der Waals surface area (Å²) in [6, 6.07) is 50.7. The lowest BCUT2D eigenvalue weighted by atomic mass is 10.0. The second-order valence-electron chi connectivity index (χ2n) is 11.6. The molecule has 0 saturated carbocycles. The minimum Gasteiger partial charge on any atom is -0.397 e. The van der Waals surface area contributed by atoms with Crippen LogP contribution in [0.3, 0.4) is 0 Å². The monoisotopic (exact) mass is 695 g/mol. The van der Waals surface area contributed by atoms with E-state index in [2.05, 4.69) is 134 Å². The van der Waals surface area contributed by atoms with Crippen LogP contribution in [0.4, 0.5) is 5.69 Å². The first kappa shape index (κ1) is 40.8. The number of nitrogens with two attached hydrogens (primary N) is 2. The van der Waals surface area contributed by atoms with Crippen LogP contribution in [-0.2, 0) is 12.2 Å². The Morgan fingerprint density at radius 2 is 1.18 bits per heavy atom. The van der Waals surface area contributed by atoms with E-state index in [0.717, 1.165) is 39.1 Å². The molecule has 0 aliphatic heterocycles. The molecule has 0 spiro atoms. The van der Waals surface area contributed by atoms with Crippen molar-refractivity contribution >= 4 is 28.2 Å². The predicted molar refractivity (Wildman–Crippen MR) is 227 cm³/mol. The van der Waals surface area contributed by atoms with Gasteiger partial charge in [0.2, 0.25) is 0 Å². The molecule has 0 radical (unpaired) electrons. The van der Waals surface area contributed by atoms with Gasteiger partial charge in [0.05, 0.1) is 11.9 Å². The summed E-state index contributed by atoms with van der Waals surface area (Å²) in [5, 5.41) is 5.73. The third-order valence-electron chi connectivity index (χ3n) is 8.08. The SMILES string of the molecule is C1=CC1.CC.CC.CC(NC(N)c1ccccc1)c1ccc2c(N)c(SCc3ccccc3)ccc2c1.CCc1ccc(-c2ccccc2)cc1. The van der Waals surface area contributed by atoms with Crippen LogP contribution in [0, 0.1) is 0 Å². The van der Waals surface area contributed by atoms with Crippen LogP contribution in [0.25, 0.3) is 21.9 Å². The highest BCUT2D eigenvalue weighted by Crippen LogP contribution is 2.35. The van der Waals surface area contributed by atoms with Crippen LogP contribution in [0.15, 0.2) is 163 Å². The van der Waals surface area contributed by atoms with Gasteiger partial charge in [0.15, 0.2) is 0 Å². The molecule has 0 heterocycles. The van der Waals surface area contributed by atoms with Gasteiger partial charge >= 0.3 is 0 Å². The standard InChI is InChI=1S/C26H27N3S.C14H14.C3H4.2C2H6/c1-18(29-26(28)20-10-6-3-7-11-20)21-12-14-23-22(16-21)13-15-24(25(23)27)30-17-19-8-4-2-5-9-19;1-2-12-8-10-14(11-9-12)13-6-4-3-5-7-13;1-2-3-1;2*1-2/h2-16,18,26,29H,17,27-28H2,1H3;3-11H,2H2,1H3;1-2H,3H2;2*1-2H3. The Balaban J connectivity index is 0.000000276. The first-order chi connectivity index (χ1) is 25.0. The first-order valence-corrected chi connectivity index (χ1v) is 19.3. The number of hydrogen-bond acceptors (Lipinski definition) is 4. The van der Waals surface area contributed by atoms with E-state index in [1.54, 1.807) is 11.8 Å². The summed E-state index contributed by atoms with van der Waals surface area (Å²) in [7, 11) is 0. The zero-order chi connectivity index (χ0) is 36.8. The number of aryl methyl sites for hydroxylation is 1.